The second kappa shape index (κ2) is 6.96. The average Bonchev–Trinajstić information content (AvgIpc) is 2.98. The third kappa shape index (κ3) is 3.44. The van der Waals surface area contributed by atoms with Crippen LogP contribution in [0.2, 0.25) is 0 Å². The molecule has 6 nitrogen and oxygen atoms in total. The highest BCUT2D eigenvalue weighted by molar-refractivity contribution is 5.90. The number of aryl methyl sites for hydroxylation is 1. The molecule has 0 bridgehead atoms. The van der Waals surface area contributed by atoms with Gasteiger partial charge in [-0.3, -0.25) is 4.79 Å². The van der Waals surface area contributed by atoms with Crippen LogP contribution >= 0.6 is 0 Å². The summed E-state index contributed by atoms with van der Waals surface area (Å²) in [5.41, 5.74) is 2.16. The predicted molar refractivity (Wildman–Crippen MR) is 96.1 cm³/mol. The van der Waals surface area contributed by atoms with E-state index in [1.165, 1.54) is 5.56 Å². The predicted octanol–water partition coefficient (Wildman–Crippen LogP) is 2.95. The van der Waals surface area contributed by atoms with E-state index in [1.54, 1.807) is 4.68 Å². The van der Waals surface area contributed by atoms with Gasteiger partial charge in [0.1, 0.15) is 5.82 Å². The number of ether oxygens (including phenoxy) is 1. The fraction of sp³-hybridized carbons (Fsp3) is 0.526. The zero-order valence-electron chi connectivity index (χ0n) is 15.6. The van der Waals surface area contributed by atoms with Gasteiger partial charge < -0.3 is 9.64 Å². The summed E-state index contributed by atoms with van der Waals surface area (Å²) in [5, 5.41) is 4.53. The normalized spacial score (nSPS) is 21.0. The summed E-state index contributed by atoms with van der Waals surface area (Å²) in [6.07, 6.45) is 0.0324. The lowest BCUT2D eigenvalue weighted by molar-refractivity contribution is -0.0391. The quantitative estimate of drug-likeness (QED) is 0.860. The van der Waals surface area contributed by atoms with Crippen LogP contribution in [-0.2, 0) is 4.74 Å². The van der Waals surface area contributed by atoms with Gasteiger partial charge in [0.05, 0.1) is 24.4 Å². The first-order valence-corrected chi connectivity index (χ1v) is 8.84. The number of hydrogen-bond donors (Lipinski definition) is 0. The van der Waals surface area contributed by atoms with Crippen LogP contribution < -0.4 is 0 Å². The SMILES string of the molecule is Cc1nc(C(=O)N2C[C@@H](C)OC[C@@H]2C)nn1-c1ccccc1C(C)C. The molecule has 1 aromatic heterocycles. The molecule has 1 fully saturated rings. The van der Waals surface area contributed by atoms with E-state index >= 15 is 0 Å². The van der Waals surface area contributed by atoms with E-state index in [0.29, 0.717) is 24.9 Å². The molecule has 0 spiro atoms. The number of aromatic nitrogens is 3. The molecule has 6 heteroatoms. The number of para-hydroxylation sites is 1. The molecule has 0 N–H and O–H groups in total. The molecule has 1 amide bonds. The van der Waals surface area contributed by atoms with Gasteiger partial charge >= 0.3 is 0 Å². The van der Waals surface area contributed by atoms with Gasteiger partial charge in [0.2, 0.25) is 5.82 Å². The summed E-state index contributed by atoms with van der Waals surface area (Å²) in [7, 11) is 0. The van der Waals surface area contributed by atoms with E-state index < -0.39 is 0 Å². The highest BCUT2D eigenvalue weighted by Gasteiger charge is 2.31. The number of carbonyl (C=O) groups excluding carboxylic acids is 1. The second-order valence-corrected chi connectivity index (χ2v) is 7.06. The zero-order valence-corrected chi connectivity index (χ0v) is 15.6. The van der Waals surface area contributed by atoms with Crippen molar-refractivity contribution in [2.75, 3.05) is 13.2 Å². The Morgan fingerprint density at radius 1 is 1.28 bits per heavy atom. The van der Waals surface area contributed by atoms with Crippen LogP contribution in [0.1, 0.15) is 55.6 Å². The Morgan fingerprint density at radius 2 is 2.00 bits per heavy atom. The molecule has 0 unspecified atom stereocenters. The molecule has 134 valence electrons. The lowest BCUT2D eigenvalue weighted by Gasteiger charge is -2.36. The summed E-state index contributed by atoms with van der Waals surface area (Å²) in [6.45, 7) is 11.2. The maximum Gasteiger partial charge on any atom is 0.293 e. The molecule has 0 saturated carbocycles. The lowest BCUT2D eigenvalue weighted by Crippen LogP contribution is -2.50. The Morgan fingerprint density at radius 3 is 2.72 bits per heavy atom. The fourth-order valence-electron chi connectivity index (χ4n) is 3.19. The number of rotatable bonds is 3. The first-order chi connectivity index (χ1) is 11.9. The molecule has 2 aromatic rings. The van der Waals surface area contributed by atoms with Crippen molar-refractivity contribution in [1.82, 2.24) is 19.7 Å². The Kier molecular flexibility index (Phi) is 4.90. The summed E-state index contributed by atoms with van der Waals surface area (Å²) in [4.78, 5) is 19.2. The molecule has 1 saturated heterocycles. The van der Waals surface area contributed by atoms with Gasteiger partial charge in [0, 0.05) is 6.54 Å². The molecule has 1 aliphatic heterocycles. The highest BCUT2D eigenvalue weighted by Crippen LogP contribution is 2.23. The van der Waals surface area contributed by atoms with E-state index in [0.717, 1.165) is 5.69 Å². The molecule has 25 heavy (non-hydrogen) atoms. The zero-order chi connectivity index (χ0) is 18.1. The molecule has 1 aliphatic rings. The molecule has 0 radical (unpaired) electrons. The number of benzene rings is 1. The van der Waals surface area contributed by atoms with Crippen LogP contribution in [0, 0.1) is 6.92 Å². The fourth-order valence-corrected chi connectivity index (χ4v) is 3.19. The molecular weight excluding hydrogens is 316 g/mol. The van der Waals surface area contributed by atoms with Gasteiger partial charge in [-0.05, 0) is 38.3 Å². The minimum absolute atomic E-state index is 0.0268. The first kappa shape index (κ1) is 17.6. The van der Waals surface area contributed by atoms with Crippen molar-refractivity contribution < 1.29 is 9.53 Å². The van der Waals surface area contributed by atoms with Crippen LogP contribution in [0.3, 0.4) is 0 Å². The topological polar surface area (TPSA) is 60.3 Å². The highest BCUT2D eigenvalue weighted by atomic mass is 16.5. The summed E-state index contributed by atoms with van der Waals surface area (Å²) < 4.78 is 7.38. The molecular formula is C19H26N4O2. The number of morpholine rings is 1. The number of nitrogens with zero attached hydrogens (tertiary/aromatic N) is 4. The molecule has 1 aromatic carbocycles. The van der Waals surface area contributed by atoms with E-state index in [-0.39, 0.29) is 23.9 Å². The Labute approximate surface area is 148 Å². The Balaban J connectivity index is 1.94. The second-order valence-electron chi connectivity index (χ2n) is 7.06. The van der Waals surface area contributed by atoms with E-state index in [2.05, 4.69) is 30.0 Å². The van der Waals surface area contributed by atoms with Gasteiger partial charge in [-0.15, -0.1) is 5.10 Å². The first-order valence-electron chi connectivity index (χ1n) is 8.84. The number of carbonyl (C=O) groups is 1. The van der Waals surface area contributed by atoms with Crippen LogP contribution in [0.5, 0.6) is 0 Å². The van der Waals surface area contributed by atoms with E-state index in [4.69, 9.17) is 4.74 Å². The largest absolute Gasteiger partial charge is 0.375 e. The van der Waals surface area contributed by atoms with Crippen LogP contribution in [-0.4, -0.2) is 50.9 Å². The summed E-state index contributed by atoms with van der Waals surface area (Å²) in [6, 6.07) is 8.14. The lowest BCUT2D eigenvalue weighted by atomic mass is 10.0. The minimum atomic E-state index is -0.133. The van der Waals surface area contributed by atoms with Gasteiger partial charge in [-0.1, -0.05) is 32.0 Å². The minimum Gasteiger partial charge on any atom is -0.375 e. The number of hydrogen-bond acceptors (Lipinski definition) is 4. The van der Waals surface area contributed by atoms with Gasteiger partial charge in [0.15, 0.2) is 0 Å². The summed E-state index contributed by atoms with van der Waals surface area (Å²) in [5.74, 6) is 1.19. The van der Waals surface area contributed by atoms with Crippen LogP contribution in [0.25, 0.3) is 5.69 Å². The van der Waals surface area contributed by atoms with E-state index in [9.17, 15) is 4.79 Å². The Bertz CT molecular complexity index is 769. The van der Waals surface area contributed by atoms with Gasteiger partial charge in [-0.2, -0.15) is 0 Å². The summed E-state index contributed by atoms with van der Waals surface area (Å²) >= 11 is 0. The maximum atomic E-state index is 12.9. The van der Waals surface area contributed by atoms with Crippen molar-refractivity contribution in [3.63, 3.8) is 0 Å². The van der Waals surface area contributed by atoms with Crippen molar-refractivity contribution >= 4 is 5.91 Å². The molecule has 3 rings (SSSR count). The van der Waals surface area contributed by atoms with Gasteiger partial charge in [-0.25, -0.2) is 9.67 Å². The van der Waals surface area contributed by atoms with Crippen LogP contribution in [0.4, 0.5) is 0 Å². The monoisotopic (exact) mass is 342 g/mol. The third-order valence-electron chi connectivity index (χ3n) is 4.62. The smallest absolute Gasteiger partial charge is 0.293 e. The Hall–Kier alpha value is -2.21. The molecule has 0 aliphatic carbocycles. The van der Waals surface area contributed by atoms with E-state index in [1.807, 2.05) is 43.9 Å². The van der Waals surface area contributed by atoms with Crippen LogP contribution in [0.15, 0.2) is 24.3 Å². The van der Waals surface area contributed by atoms with Gasteiger partial charge in [0.25, 0.3) is 5.91 Å². The standard InChI is InChI=1S/C19H26N4O2/c1-12(2)16-8-6-7-9-17(16)23-15(5)20-18(21-23)19(24)22-10-14(4)25-11-13(22)3/h6-9,12-14H,10-11H2,1-5H3/t13-,14+/m0/s1. The van der Waals surface area contributed by atoms with Crippen molar-refractivity contribution in [2.24, 2.45) is 0 Å². The molecule has 2 atom stereocenters. The average molecular weight is 342 g/mol. The maximum absolute atomic E-state index is 12.9. The van der Waals surface area contributed by atoms with Crippen molar-refractivity contribution in [1.29, 1.82) is 0 Å². The molecule has 2 heterocycles. The third-order valence-corrected chi connectivity index (χ3v) is 4.62. The number of amides is 1. The van der Waals surface area contributed by atoms with Crippen molar-refractivity contribution in [3.05, 3.63) is 41.5 Å². The van der Waals surface area contributed by atoms with Crippen molar-refractivity contribution in [3.8, 4) is 5.69 Å². The van der Waals surface area contributed by atoms with Crippen molar-refractivity contribution in [2.45, 2.75) is 52.7 Å².